The van der Waals surface area contributed by atoms with Crippen LogP contribution >= 0.6 is 0 Å². The number of aliphatic hydroxyl groups is 1. The zero-order valence-electron chi connectivity index (χ0n) is 29.5. The van der Waals surface area contributed by atoms with Crippen LogP contribution in [0.15, 0.2) is 85.1 Å². The molecule has 4 atom stereocenters. The Bertz CT molecular complexity index is 1670. The Labute approximate surface area is 291 Å². The van der Waals surface area contributed by atoms with Gasteiger partial charge in [-0.05, 0) is 68.0 Å². The van der Waals surface area contributed by atoms with Gasteiger partial charge in [0, 0.05) is 17.4 Å². The van der Waals surface area contributed by atoms with Gasteiger partial charge < -0.3 is 29.1 Å². The van der Waals surface area contributed by atoms with Gasteiger partial charge in [-0.15, -0.1) is 0 Å². The number of carbonyl (C=O) groups excluding carboxylic acids is 1. The Morgan fingerprint density at radius 1 is 1.00 bits per heavy atom. The number of ether oxygens (including phenoxy) is 3. The molecule has 8 nitrogen and oxygen atoms in total. The number of methoxy groups -OCH3 is 1. The molecule has 1 amide bonds. The fourth-order valence-corrected chi connectivity index (χ4v) is 7.65. The van der Waals surface area contributed by atoms with Gasteiger partial charge in [0.05, 0.1) is 37.1 Å². The maximum absolute atomic E-state index is 15.4. The molecule has 0 bridgehead atoms. The minimum absolute atomic E-state index is 0.0752. The van der Waals surface area contributed by atoms with Gasteiger partial charge in [-0.2, -0.15) is 0 Å². The summed E-state index contributed by atoms with van der Waals surface area (Å²) >= 11 is 0. The van der Waals surface area contributed by atoms with E-state index in [0.29, 0.717) is 29.5 Å². The van der Waals surface area contributed by atoms with Crippen LogP contribution in [0, 0.1) is 5.82 Å². The molecule has 1 unspecified atom stereocenters. The molecule has 5 rings (SSSR count). The molecule has 2 heterocycles. The van der Waals surface area contributed by atoms with E-state index < -0.39 is 57.2 Å². The van der Waals surface area contributed by atoms with Crippen molar-refractivity contribution in [3.63, 3.8) is 0 Å². The average molecular weight is 689 g/mol. The Morgan fingerprint density at radius 2 is 1.63 bits per heavy atom. The third kappa shape index (κ3) is 8.67. The van der Waals surface area contributed by atoms with Crippen molar-refractivity contribution in [3.8, 4) is 5.75 Å². The van der Waals surface area contributed by atoms with Crippen molar-refractivity contribution in [1.82, 2.24) is 10.3 Å². The lowest BCUT2D eigenvalue weighted by Gasteiger charge is -2.49. The predicted molar refractivity (Wildman–Crippen MR) is 192 cm³/mol. The summed E-state index contributed by atoms with van der Waals surface area (Å²) in [6, 6.07) is 24.6. The second-order valence-corrected chi connectivity index (χ2v) is 17.7. The summed E-state index contributed by atoms with van der Waals surface area (Å²) in [5.74, 6) is -0.0680. The number of pyridine rings is 1. The standard InChI is InChI=1S/C39H49FN2O6Si/c1-37(2,3)47-36(44)42-32-21-19-28(23-33(43)34-29-22-27(45-7)18-20-31(29)41-24-30(34)40)46-35(32)39(48-49-38(4,5)6,25-14-10-8-11-15-25)26-16-12-9-13-17-26/h8-18,20,22,24,28,32-33,35,43H,19,21,23,49H2,1-7H3,(H,42,44)/t28-,32+,33?,35-/m0/s1. The monoisotopic (exact) mass is 688 g/mol. The van der Waals surface area contributed by atoms with E-state index in [0.717, 1.165) is 17.3 Å². The molecule has 0 spiro atoms. The number of aromatic nitrogens is 1. The lowest BCUT2D eigenvalue weighted by molar-refractivity contribution is -0.155. The van der Waals surface area contributed by atoms with Crippen molar-refractivity contribution >= 4 is 26.8 Å². The van der Waals surface area contributed by atoms with Gasteiger partial charge in [0.1, 0.15) is 28.9 Å². The van der Waals surface area contributed by atoms with Gasteiger partial charge in [-0.1, -0.05) is 81.4 Å². The van der Waals surface area contributed by atoms with E-state index in [4.69, 9.17) is 18.6 Å². The largest absolute Gasteiger partial charge is 0.497 e. The molecule has 262 valence electrons. The fraction of sp³-hybridized carbons (Fsp3) is 0.436. The van der Waals surface area contributed by atoms with Gasteiger partial charge in [0.25, 0.3) is 0 Å². The molecule has 2 N–H and O–H groups in total. The number of aliphatic hydroxyl groups excluding tert-OH is 1. The fourth-order valence-electron chi connectivity index (χ4n) is 6.49. The van der Waals surface area contributed by atoms with Crippen LogP contribution in [-0.4, -0.2) is 56.9 Å². The number of amides is 1. The average Bonchev–Trinajstić information content (AvgIpc) is 3.05. The minimum atomic E-state index is -1.22. The Balaban J connectivity index is 1.59. The van der Waals surface area contributed by atoms with E-state index in [1.807, 2.05) is 81.4 Å². The zero-order chi connectivity index (χ0) is 35.4. The van der Waals surface area contributed by atoms with Gasteiger partial charge in [-0.3, -0.25) is 4.98 Å². The number of nitrogens with one attached hydrogen (secondary N) is 1. The van der Waals surface area contributed by atoms with Crippen molar-refractivity contribution < 1.29 is 32.9 Å². The number of halogens is 1. The second kappa shape index (κ2) is 15.0. The van der Waals surface area contributed by atoms with Crippen molar-refractivity contribution in [2.75, 3.05) is 7.11 Å². The minimum Gasteiger partial charge on any atom is -0.497 e. The Kier molecular flexibility index (Phi) is 11.1. The number of carbonyl (C=O) groups is 1. The normalized spacial score (nSPS) is 19.6. The van der Waals surface area contributed by atoms with E-state index in [1.54, 1.807) is 18.2 Å². The molecule has 1 aromatic heterocycles. The first kappa shape index (κ1) is 36.4. The Morgan fingerprint density at radius 3 is 2.20 bits per heavy atom. The lowest BCUT2D eigenvalue weighted by atomic mass is 9.76. The Hall–Kier alpha value is -3.83. The van der Waals surface area contributed by atoms with Crippen molar-refractivity contribution in [1.29, 1.82) is 0 Å². The molecule has 49 heavy (non-hydrogen) atoms. The van der Waals surface area contributed by atoms with Gasteiger partial charge in [0.15, 0.2) is 9.76 Å². The summed E-state index contributed by atoms with van der Waals surface area (Å²) < 4.78 is 40.8. The van der Waals surface area contributed by atoms with Crippen molar-refractivity contribution in [3.05, 3.63) is 108 Å². The van der Waals surface area contributed by atoms with Crippen LogP contribution in [0.4, 0.5) is 9.18 Å². The molecular formula is C39H49FN2O6Si. The summed E-state index contributed by atoms with van der Waals surface area (Å²) in [6.07, 6.45) is -0.729. The number of hydrogen-bond acceptors (Lipinski definition) is 7. The molecule has 1 aliphatic rings. The van der Waals surface area contributed by atoms with E-state index >= 15 is 4.39 Å². The predicted octanol–water partition coefficient (Wildman–Crippen LogP) is 7.51. The van der Waals surface area contributed by atoms with Crippen molar-refractivity contribution in [2.24, 2.45) is 0 Å². The van der Waals surface area contributed by atoms with E-state index in [-0.39, 0.29) is 17.0 Å². The third-order valence-corrected chi connectivity index (χ3v) is 10.1. The van der Waals surface area contributed by atoms with Crippen LogP contribution in [-0.2, 0) is 19.5 Å². The number of benzene rings is 3. The maximum Gasteiger partial charge on any atom is 0.407 e. The molecule has 1 fully saturated rings. The molecule has 0 saturated carbocycles. The first-order valence-electron chi connectivity index (χ1n) is 16.9. The molecule has 0 aliphatic carbocycles. The van der Waals surface area contributed by atoms with Crippen LogP contribution in [0.5, 0.6) is 5.75 Å². The topological polar surface area (TPSA) is 99.1 Å². The van der Waals surface area contributed by atoms with Crippen LogP contribution in [0.2, 0.25) is 5.04 Å². The van der Waals surface area contributed by atoms with Crippen molar-refractivity contribution in [2.45, 2.75) is 101 Å². The number of hydrogen-bond donors (Lipinski definition) is 2. The molecule has 1 saturated heterocycles. The summed E-state index contributed by atoms with van der Waals surface area (Å²) in [4.78, 5) is 17.6. The van der Waals surface area contributed by atoms with Crippen LogP contribution in [0.25, 0.3) is 10.9 Å². The van der Waals surface area contributed by atoms with E-state index in [2.05, 4.69) is 31.1 Å². The SMILES string of the molecule is COc1ccc2ncc(F)c(C(O)C[C@@H]3CC[C@@H](NC(=O)OC(C)(C)C)[C@@H](C(O[SiH2]C(C)(C)C)(c4ccccc4)c4ccccc4)O3)c2c1. The summed E-state index contributed by atoms with van der Waals surface area (Å²) in [5.41, 5.74) is 0.650. The number of alkyl carbamates (subject to hydrolysis) is 1. The highest BCUT2D eigenvalue weighted by Gasteiger charge is 2.51. The smallest absolute Gasteiger partial charge is 0.407 e. The molecule has 1 aliphatic heterocycles. The quantitative estimate of drug-likeness (QED) is 0.167. The van der Waals surface area contributed by atoms with Gasteiger partial charge >= 0.3 is 6.09 Å². The third-order valence-electron chi connectivity index (χ3n) is 8.63. The molecule has 4 aromatic rings. The number of nitrogens with zero attached hydrogens (tertiary/aromatic N) is 1. The molecular weight excluding hydrogens is 640 g/mol. The van der Waals surface area contributed by atoms with E-state index in [9.17, 15) is 9.90 Å². The van der Waals surface area contributed by atoms with Crippen LogP contribution in [0.1, 0.15) is 83.6 Å². The first-order valence-corrected chi connectivity index (χ1v) is 18.2. The van der Waals surface area contributed by atoms with Crippen LogP contribution < -0.4 is 10.1 Å². The first-order chi connectivity index (χ1) is 23.2. The molecule has 3 aromatic carbocycles. The van der Waals surface area contributed by atoms with Gasteiger partial charge in [0.2, 0.25) is 0 Å². The van der Waals surface area contributed by atoms with E-state index in [1.165, 1.54) is 7.11 Å². The lowest BCUT2D eigenvalue weighted by Crippen LogP contribution is -2.60. The summed E-state index contributed by atoms with van der Waals surface area (Å²) in [7, 11) is 0.318. The number of rotatable bonds is 10. The maximum atomic E-state index is 15.4. The zero-order valence-corrected chi connectivity index (χ0v) is 30.9. The molecule has 0 radical (unpaired) electrons. The highest BCUT2D eigenvalue weighted by molar-refractivity contribution is 6.32. The molecule has 10 heteroatoms. The number of fused-ring (bicyclic) bond motifs is 1. The second-order valence-electron chi connectivity index (χ2n) is 15.0. The highest BCUT2D eigenvalue weighted by atomic mass is 28.2. The summed E-state index contributed by atoms with van der Waals surface area (Å²) in [5, 5.41) is 15.2. The highest BCUT2D eigenvalue weighted by Crippen LogP contribution is 2.45. The van der Waals surface area contributed by atoms with Gasteiger partial charge in [-0.25, -0.2) is 9.18 Å². The summed E-state index contributed by atoms with van der Waals surface area (Å²) in [6.45, 7) is 12.0. The van der Waals surface area contributed by atoms with Crippen LogP contribution in [0.3, 0.4) is 0 Å².